The van der Waals surface area contributed by atoms with Crippen LogP contribution in [0, 0.1) is 0 Å². The molecule has 3 atom stereocenters. The number of likely N-dealkylation sites (tertiary alicyclic amines) is 1. The van der Waals surface area contributed by atoms with Crippen molar-refractivity contribution < 1.29 is 19.4 Å². The van der Waals surface area contributed by atoms with Crippen molar-refractivity contribution in [3.05, 3.63) is 65.7 Å². The zero-order chi connectivity index (χ0) is 22.1. The lowest BCUT2D eigenvalue weighted by Crippen LogP contribution is -2.66. The summed E-state index contributed by atoms with van der Waals surface area (Å²) < 4.78 is 5.32. The Hall–Kier alpha value is -2.70. The largest absolute Gasteiger partial charge is 0.427 e. The van der Waals surface area contributed by atoms with Gasteiger partial charge in [-0.25, -0.2) is 0 Å². The van der Waals surface area contributed by atoms with E-state index in [1.165, 1.54) is 6.92 Å². The lowest BCUT2D eigenvalue weighted by molar-refractivity contribution is -0.131. The maximum Gasteiger partial charge on any atom is 0.308 e. The zero-order valence-corrected chi connectivity index (χ0v) is 18.1. The van der Waals surface area contributed by atoms with E-state index in [1.54, 1.807) is 6.07 Å². The lowest BCUT2D eigenvalue weighted by atomic mass is 9.55. The van der Waals surface area contributed by atoms with Crippen LogP contribution in [0.1, 0.15) is 48.5 Å². The summed E-state index contributed by atoms with van der Waals surface area (Å²) in [5, 5.41) is 15.0. The predicted octanol–water partition coefficient (Wildman–Crippen LogP) is 2.90. The van der Waals surface area contributed by atoms with Gasteiger partial charge in [-0.05, 0) is 69.1 Å². The summed E-state index contributed by atoms with van der Waals surface area (Å²) in [7, 11) is 2.03. The first kappa shape index (κ1) is 21.5. The summed E-state index contributed by atoms with van der Waals surface area (Å²) in [5.74, 6) is 0.0220. The zero-order valence-electron chi connectivity index (χ0n) is 18.1. The number of hydrogen-bond donors (Lipinski definition) is 2. The number of carbonyl (C=O) groups excluding carboxylic acids is 2. The van der Waals surface area contributed by atoms with E-state index in [2.05, 4.69) is 10.2 Å². The first-order valence-electron chi connectivity index (χ1n) is 10.9. The molecule has 1 amide bonds. The second-order valence-electron chi connectivity index (χ2n) is 9.00. The maximum atomic E-state index is 12.8. The summed E-state index contributed by atoms with van der Waals surface area (Å²) >= 11 is 0. The molecule has 2 N–H and O–H groups in total. The van der Waals surface area contributed by atoms with E-state index >= 15 is 0 Å². The minimum absolute atomic E-state index is 0.0474. The number of nitrogens with zero attached hydrogens (tertiary/aromatic N) is 1. The molecule has 4 rings (SSSR count). The van der Waals surface area contributed by atoms with Crippen molar-refractivity contribution in [3.8, 4) is 5.75 Å². The van der Waals surface area contributed by atoms with Gasteiger partial charge in [0.1, 0.15) is 5.75 Å². The molecule has 1 aliphatic heterocycles. The van der Waals surface area contributed by atoms with E-state index in [4.69, 9.17) is 4.74 Å². The van der Waals surface area contributed by atoms with Gasteiger partial charge in [0.05, 0.1) is 5.60 Å². The Balaban J connectivity index is 1.65. The molecule has 31 heavy (non-hydrogen) atoms. The summed E-state index contributed by atoms with van der Waals surface area (Å²) in [6.45, 7) is 2.80. The van der Waals surface area contributed by atoms with E-state index in [9.17, 15) is 14.7 Å². The molecule has 0 bridgehead atoms. The highest BCUT2D eigenvalue weighted by Gasteiger charge is 2.57. The fraction of sp³-hybridized carbons (Fsp3) is 0.440. The molecule has 0 radical (unpaired) electrons. The molecule has 164 valence electrons. The summed E-state index contributed by atoms with van der Waals surface area (Å²) in [4.78, 5) is 26.4. The number of aliphatic hydroxyl groups is 1. The number of rotatable bonds is 4. The van der Waals surface area contributed by atoms with E-state index in [-0.39, 0.29) is 17.9 Å². The van der Waals surface area contributed by atoms with Gasteiger partial charge in [-0.2, -0.15) is 0 Å². The van der Waals surface area contributed by atoms with Crippen LogP contribution in [0.25, 0.3) is 0 Å². The minimum atomic E-state index is -0.914. The molecule has 2 aromatic rings. The number of likely N-dealkylation sites (N-methyl/N-ethyl adjacent to an activating group) is 1. The van der Waals surface area contributed by atoms with Crippen LogP contribution in [0.4, 0.5) is 0 Å². The number of β-amino-alcohol motifs (C(OH)–C–C–N with tert-alkyl or cyclic N) is 1. The van der Waals surface area contributed by atoms with E-state index in [0.717, 1.165) is 18.5 Å². The summed E-state index contributed by atoms with van der Waals surface area (Å²) in [6, 6.07) is 16.7. The third kappa shape index (κ3) is 4.23. The number of benzene rings is 2. The molecule has 0 aromatic heterocycles. The van der Waals surface area contributed by atoms with Crippen molar-refractivity contribution >= 4 is 11.9 Å². The van der Waals surface area contributed by atoms with Gasteiger partial charge < -0.3 is 20.1 Å². The highest BCUT2D eigenvalue weighted by atomic mass is 16.5. The summed E-state index contributed by atoms with van der Waals surface area (Å²) in [5.41, 5.74) is 0.156. The lowest BCUT2D eigenvalue weighted by Gasteiger charge is -2.57. The molecular weight excluding hydrogens is 392 g/mol. The Kier molecular flexibility index (Phi) is 5.86. The number of amides is 1. The second kappa shape index (κ2) is 8.44. The van der Waals surface area contributed by atoms with Crippen LogP contribution in [-0.4, -0.2) is 53.7 Å². The normalized spacial score (nSPS) is 28.4. The molecule has 0 spiro atoms. The van der Waals surface area contributed by atoms with Gasteiger partial charge in [0.25, 0.3) is 5.91 Å². The van der Waals surface area contributed by atoms with Gasteiger partial charge in [-0.3, -0.25) is 9.59 Å². The number of carbonyl (C=O) groups is 2. The first-order chi connectivity index (χ1) is 14.8. The first-order valence-corrected chi connectivity index (χ1v) is 10.9. The Morgan fingerprint density at radius 3 is 2.65 bits per heavy atom. The molecule has 2 aromatic carbocycles. The van der Waals surface area contributed by atoms with Gasteiger partial charge in [-0.15, -0.1) is 0 Å². The van der Waals surface area contributed by atoms with Crippen molar-refractivity contribution in [2.45, 2.75) is 49.7 Å². The van der Waals surface area contributed by atoms with Gasteiger partial charge in [0.15, 0.2) is 0 Å². The van der Waals surface area contributed by atoms with Crippen molar-refractivity contribution in [1.82, 2.24) is 10.2 Å². The van der Waals surface area contributed by atoms with Gasteiger partial charge >= 0.3 is 5.97 Å². The van der Waals surface area contributed by atoms with Gasteiger partial charge in [0.2, 0.25) is 0 Å². The Morgan fingerprint density at radius 2 is 1.90 bits per heavy atom. The molecule has 6 nitrogen and oxygen atoms in total. The molecule has 6 heteroatoms. The predicted molar refractivity (Wildman–Crippen MR) is 118 cm³/mol. The molecule has 2 fully saturated rings. The molecule has 0 unspecified atom stereocenters. The van der Waals surface area contributed by atoms with Crippen LogP contribution in [0.15, 0.2) is 54.6 Å². The van der Waals surface area contributed by atoms with Crippen LogP contribution >= 0.6 is 0 Å². The fourth-order valence-corrected chi connectivity index (χ4v) is 5.37. The third-order valence-corrected chi connectivity index (χ3v) is 6.86. The number of nitrogens with one attached hydrogen (secondary N) is 1. The molecule has 2 aliphatic rings. The van der Waals surface area contributed by atoms with Crippen molar-refractivity contribution in [3.63, 3.8) is 0 Å². The van der Waals surface area contributed by atoms with Crippen molar-refractivity contribution in [2.75, 3.05) is 20.1 Å². The van der Waals surface area contributed by atoms with E-state index in [0.29, 0.717) is 37.1 Å². The van der Waals surface area contributed by atoms with Crippen LogP contribution in [0.5, 0.6) is 5.75 Å². The van der Waals surface area contributed by atoms with Crippen molar-refractivity contribution in [1.29, 1.82) is 0 Å². The smallest absolute Gasteiger partial charge is 0.308 e. The highest BCUT2D eigenvalue weighted by molar-refractivity contribution is 5.94. The maximum absolute atomic E-state index is 12.8. The average Bonchev–Trinajstić information content (AvgIpc) is 2.74. The SMILES string of the molecule is CC(=O)Oc1cccc([C@@]23CCN(C)C[C@@]2(O)CC[C@H](NC(=O)c2ccccc2)C3)c1. The molecular formula is C25H30N2O4. The fourth-order valence-electron chi connectivity index (χ4n) is 5.37. The average molecular weight is 423 g/mol. The Bertz CT molecular complexity index is 963. The van der Waals surface area contributed by atoms with E-state index < -0.39 is 11.0 Å². The van der Waals surface area contributed by atoms with Gasteiger partial charge in [0, 0.05) is 30.5 Å². The number of fused-ring (bicyclic) bond motifs is 1. The number of esters is 1. The van der Waals surface area contributed by atoms with Crippen molar-refractivity contribution in [2.24, 2.45) is 0 Å². The van der Waals surface area contributed by atoms with Crippen LogP contribution in [-0.2, 0) is 10.2 Å². The number of piperidine rings is 1. The minimum Gasteiger partial charge on any atom is -0.427 e. The molecule has 1 aliphatic carbocycles. The molecule has 1 heterocycles. The molecule has 1 saturated heterocycles. The Labute approximate surface area is 183 Å². The summed E-state index contributed by atoms with van der Waals surface area (Å²) in [6.07, 6.45) is 2.71. The van der Waals surface area contributed by atoms with Crippen LogP contribution < -0.4 is 10.1 Å². The monoisotopic (exact) mass is 422 g/mol. The third-order valence-electron chi connectivity index (χ3n) is 6.86. The highest BCUT2D eigenvalue weighted by Crippen LogP contribution is 2.52. The van der Waals surface area contributed by atoms with Crippen LogP contribution in [0.3, 0.4) is 0 Å². The van der Waals surface area contributed by atoms with Crippen LogP contribution in [0.2, 0.25) is 0 Å². The quantitative estimate of drug-likeness (QED) is 0.585. The second-order valence-corrected chi connectivity index (χ2v) is 9.00. The van der Waals surface area contributed by atoms with E-state index in [1.807, 2.05) is 55.6 Å². The molecule has 1 saturated carbocycles. The topological polar surface area (TPSA) is 78.9 Å². The van der Waals surface area contributed by atoms with Gasteiger partial charge in [-0.1, -0.05) is 30.3 Å². The number of ether oxygens (including phenoxy) is 1. The standard InChI is InChI=1S/C25H30N2O4/c1-18(28)31-22-10-6-9-20(15-22)24-13-14-27(2)17-25(24,30)12-11-21(16-24)26-23(29)19-7-4-3-5-8-19/h3-10,15,21,30H,11-14,16-17H2,1-2H3,(H,26,29)/t21-,24-,25-/m0/s1. The Morgan fingerprint density at radius 1 is 1.13 bits per heavy atom. The number of hydrogen-bond acceptors (Lipinski definition) is 5.